The molecule has 246 valence electrons. The van der Waals surface area contributed by atoms with Crippen LogP contribution >= 0.6 is 23.2 Å². The standard InChI is InChI=1S/C34H30Cl2N6O6/c1-19-11-21(33(45)29(13-19)41-37-25-9-7-23(35)15-27(25)39-41)17-47-31(43)5-3-4-6-32(44)48-18-22-12-20(2)14-30(34(22)46)42-38-26-10-8-24(36)16-28(26)40-42/h7-16,45-46H,3-6,17-18H2,1-2H3. The van der Waals surface area contributed by atoms with Crippen LogP contribution in [0.5, 0.6) is 11.5 Å². The second-order valence-corrected chi connectivity index (χ2v) is 12.2. The molecule has 0 aliphatic carbocycles. The number of rotatable bonds is 11. The van der Waals surface area contributed by atoms with Gasteiger partial charge in [-0.2, -0.15) is 0 Å². The van der Waals surface area contributed by atoms with Gasteiger partial charge in [0.05, 0.1) is 0 Å². The maximum absolute atomic E-state index is 12.5. The highest BCUT2D eigenvalue weighted by atomic mass is 35.5. The van der Waals surface area contributed by atoms with Crippen LogP contribution in [-0.4, -0.2) is 52.1 Å². The Morgan fingerprint density at radius 2 is 1.02 bits per heavy atom. The van der Waals surface area contributed by atoms with Crippen LogP contribution in [0.2, 0.25) is 10.0 Å². The fourth-order valence-electron chi connectivity index (χ4n) is 5.18. The molecule has 0 fully saturated rings. The normalized spacial score (nSPS) is 11.3. The zero-order valence-electron chi connectivity index (χ0n) is 26.0. The van der Waals surface area contributed by atoms with Crippen LogP contribution in [0.4, 0.5) is 0 Å². The van der Waals surface area contributed by atoms with E-state index in [9.17, 15) is 19.8 Å². The first-order chi connectivity index (χ1) is 23.0. The van der Waals surface area contributed by atoms with Crippen molar-refractivity contribution in [2.75, 3.05) is 0 Å². The summed E-state index contributed by atoms with van der Waals surface area (Å²) >= 11 is 12.1. The fraction of sp³-hybridized carbons (Fsp3) is 0.235. The lowest BCUT2D eigenvalue weighted by molar-refractivity contribution is -0.147. The summed E-state index contributed by atoms with van der Waals surface area (Å²) in [6, 6.07) is 17.2. The number of hydrogen-bond acceptors (Lipinski definition) is 10. The smallest absolute Gasteiger partial charge is 0.306 e. The summed E-state index contributed by atoms with van der Waals surface area (Å²) in [5.74, 6) is -1.15. The Morgan fingerprint density at radius 1 is 0.625 bits per heavy atom. The molecular formula is C34H30Cl2N6O6. The average molecular weight is 690 g/mol. The number of phenolic OH excluding ortho intramolecular Hbond substituents is 2. The number of esters is 2. The summed E-state index contributed by atoms with van der Waals surface area (Å²) in [6.07, 6.45) is 0.956. The number of aromatic nitrogens is 6. The first-order valence-electron chi connectivity index (χ1n) is 15.1. The number of aryl methyl sites for hydroxylation is 2. The van der Waals surface area contributed by atoms with Crippen molar-refractivity contribution in [3.05, 3.63) is 93.0 Å². The lowest BCUT2D eigenvalue weighted by Crippen LogP contribution is -2.08. The monoisotopic (exact) mass is 688 g/mol. The van der Waals surface area contributed by atoms with E-state index in [-0.39, 0.29) is 37.6 Å². The molecule has 0 saturated heterocycles. The molecule has 0 saturated carbocycles. The molecule has 0 aliphatic heterocycles. The van der Waals surface area contributed by atoms with Gasteiger partial charge in [0.25, 0.3) is 0 Å². The number of hydrogen-bond donors (Lipinski definition) is 2. The fourth-order valence-corrected chi connectivity index (χ4v) is 5.51. The molecule has 2 aromatic heterocycles. The SMILES string of the molecule is Cc1cc(COC(=O)CCCCC(=O)OCc2cc(C)cc(-n3nc4ccc(Cl)cc4n3)c2O)c(O)c(-n2nc3ccc(Cl)cc3n2)c1. The molecule has 0 amide bonds. The molecule has 4 aromatic carbocycles. The van der Waals surface area contributed by atoms with Gasteiger partial charge >= 0.3 is 11.9 Å². The Morgan fingerprint density at radius 3 is 1.44 bits per heavy atom. The third-order valence-corrected chi connectivity index (χ3v) is 8.00. The highest BCUT2D eigenvalue weighted by Crippen LogP contribution is 2.31. The van der Waals surface area contributed by atoms with Crippen LogP contribution in [-0.2, 0) is 32.3 Å². The molecule has 14 heteroatoms. The van der Waals surface area contributed by atoms with E-state index in [1.54, 1.807) is 60.7 Å². The van der Waals surface area contributed by atoms with Crippen LogP contribution in [0.25, 0.3) is 33.4 Å². The molecule has 6 rings (SSSR count). The predicted octanol–water partition coefficient (Wildman–Crippen LogP) is 6.84. The lowest BCUT2D eigenvalue weighted by atomic mass is 10.1. The largest absolute Gasteiger partial charge is 0.505 e. The number of benzene rings is 4. The third-order valence-electron chi connectivity index (χ3n) is 7.53. The predicted molar refractivity (Wildman–Crippen MR) is 179 cm³/mol. The molecule has 0 atom stereocenters. The Labute approximate surface area is 284 Å². The molecule has 0 radical (unpaired) electrons. The van der Waals surface area contributed by atoms with E-state index < -0.39 is 11.9 Å². The molecule has 2 N–H and O–H groups in total. The second-order valence-electron chi connectivity index (χ2n) is 11.4. The first-order valence-corrected chi connectivity index (χ1v) is 15.8. The van der Waals surface area contributed by atoms with Crippen LogP contribution in [0.1, 0.15) is 47.9 Å². The first kappa shape index (κ1) is 32.7. The van der Waals surface area contributed by atoms with Crippen LogP contribution in [0.3, 0.4) is 0 Å². The van der Waals surface area contributed by atoms with Gasteiger partial charge in [-0.1, -0.05) is 23.2 Å². The van der Waals surface area contributed by atoms with E-state index in [4.69, 9.17) is 32.7 Å². The van der Waals surface area contributed by atoms with Crippen molar-refractivity contribution in [3.63, 3.8) is 0 Å². The summed E-state index contributed by atoms with van der Waals surface area (Å²) in [7, 11) is 0. The van der Waals surface area contributed by atoms with Crippen LogP contribution in [0, 0.1) is 13.8 Å². The number of carbonyl (C=O) groups excluding carboxylic acids is 2. The van der Waals surface area contributed by atoms with Crippen molar-refractivity contribution >= 4 is 57.2 Å². The summed E-state index contributed by atoms with van der Waals surface area (Å²) in [5, 5.41) is 40.5. The van der Waals surface area contributed by atoms with Gasteiger partial charge in [-0.25, -0.2) is 0 Å². The Bertz CT molecular complexity index is 2030. The zero-order valence-corrected chi connectivity index (χ0v) is 27.5. The van der Waals surface area contributed by atoms with Gasteiger partial charge in [-0.05, 0) is 98.5 Å². The van der Waals surface area contributed by atoms with Gasteiger partial charge in [0, 0.05) is 34.0 Å². The molecular weight excluding hydrogens is 659 g/mol. The van der Waals surface area contributed by atoms with Crippen molar-refractivity contribution in [2.45, 2.75) is 52.7 Å². The topological polar surface area (TPSA) is 154 Å². The van der Waals surface area contributed by atoms with E-state index in [0.29, 0.717) is 67.5 Å². The van der Waals surface area contributed by atoms with Crippen LogP contribution < -0.4 is 0 Å². The molecule has 12 nitrogen and oxygen atoms in total. The van der Waals surface area contributed by atoms with Gasteiger partial charge < -0.3 is 19.7 Å². The summed E-state index contributed by atoms with van der Waals surface area (Å²) in [4.78, 5) is 27.6. The number of carbonyl (C=O) groups is 2. The van der Waals surface area contributed by atoms with Gasteiger partial charge in [-0.15, -0.1) is 30.0 Å². The second kappa shape index (κ2) is 13.9. The third kappa shape index (κ3) is 7.35. The summed E-state index contributed by atoms with van der Waals surface area (Å²) < 4.78 is 10.8. The summed E-state index contributed by atoms with van der Waals surface area (Å²) in [5.41, 5.74) is 5.52. The molecule has 0 bridgehead atoms. The van der Waals surface area contributed by atoms with E-state index in [1.165, 1.54) is 9.59 Å². The minimum absolute atomic E-state index is 0.0814. The van der Waals surface area contributed by atoms with Gasteiger partial charge in [0.15, 0.2) is 0 Å². The molecule has 2 heterocycles. The number of nitrogens with zero attached hydrogens (tertiary/aromatic N) is 6. The van der Waals surface area contributed by atoms with Gasteiger partial charge in [-0.3, -0.25) is 9.59 Å². The highest BCUT2D eigenvalue weighted by molar-refractivity contribution is 6.31. The van der Waals surface area contributed by atoms with Gasteiger partial charge in [0.2, 0.25) is 0 Å². The minimum atomic E-state index is -0.470. The zero-order chi connectivity index (χ0) is 33.9. The molecule has 0 spiro atoms. The van der Waals surface area contributed by atoms with Crippen molar-refractivity contribution in [1.29, 1.82) is 0 Å². The molecule has 0 aliphatic rings. The maximum atomic E-state index is 12.5. The van der Waals surface area contributed by atoms with Crippen molar-refractivity contribution in [1.82, 2.24) is 30.0 Å². The van der Waals surface area contributed by atoms with Crippen LogP contribution in [0.15, 0.2) is 60.7 Å². The number of fused-ring (bicyclic) bond motifs is 2. The molecule has 6 aromatic rings. The van der Waals surface area contributed by atoms with Crippen molar-refractivity contribution in [2.24, 2.45) is 0 Å². The quantitative estimate of drug-likeness (QED) is 0.109. The number of phenols is 2. The Kier molecular flexibility index (Phi) is 9.47. The van der Waals surface area contributed by atoms with Crippen molar-refractivity contribution < 1.29 is 29.3 Å². The minimum Gasteiger partial charge on any atom is -0.505 e. The number of aromatic hydroxyl groups is 2. The van der Waals surface area contributed by atoms with E-state index >= 15 is 0 Å². The Hall–Kier alpha value is -5.20. The number of halogens is 2. The van der Waals surface area contributed by atoms with Gasteiger partial charge in [0.1, 0.15) is 58.2 Å². The number of unbranched alkanes of at least 4 members (excludes halogenated alkanes) is 1. The average Bonchev–Trinajstić information content (AvgIpc) is 3.67. The van der Waals surface area contributed by atoms with E-state index in [0.717, 1.165) is 11.1 Å². The summed E-state index contributed by atoms with van der Waals surface area (Å²) in [6.45, 7) is 3.41. The lowest BCUT2D eigenvalue weighted by Gasteiger charge is -2.12. The van der Waals surface area contributed by atoms with Crippen molar-refractivity contribution in [3.8, 4) is 22.9 Å². The highest BCUT2D eigenvalue weighted by Gasteiger charge is 2.17. The maximum Gasteiger partial charge on any atom is 0.306 e. The van der Waals surface area contributed by atoms with E-state index in [1.807, 2.05) is 13.8 Å². The Balaban J connectivity index is 0.980. The van der Waals surface area contributed by atoms with E-state index in [2.05, 4.69) is 20.4 Å². The molecule has 48 heavy (non-hydrogen) atoms. The number of ether oxygens (including phenoxy) is 2. The molecule has 0 unspecified atom stereocenters.